The van der Waals surface area contributed by atoms with Gasteiger partial charge in [0.15, 0.2) is 0 Å². The van der Waals surface area contributed by atoms with Crippen molar-refractivity contribution in [1.82, 2.24) is 5.32 Å². The van der Waals surface area contributed by atoms with Gasteiger partial charge in [-0.25, -0.2) is 0 Å². The minimum absolute atomic E-state index is 0.0494. The second kappa shape index (κ2) is 6.83. The smallest absolute Gasteiger partial charge is 0.492 e. The van der Waals surface area contributed by atoms with Gasteiger partial charge in [0.25, 0.3) is 0 Å². The van der Waals surface area contributed by atoms with Gasteiger partial charge < -0.3 is 14.8 Å². The van der Waals surface area contributed by atoms with E-state index in [9.17, 15) is 13.2 Å². The van der Waals surface area contributed by atoms with Gasteiger partial charge in [0.1, 0.15) is 18.1 Å². The van der Waals surface area contributed by atoms with Crippen LogP contribution < -0.4 is 14.8 Å². The molecule has 0 radical (unpaired) electrons. The van der Waals surface area contributed by atoms with Gasteiger partial charge in [0.05, 0.1) is 0 Å². The molecule has 0 aliphatic heterocycles. The molecule has 0 spiro atoms. The highest BCUT2D eigenvalue weighted by atomic mass is 19.4. The quantitative estimate of drug-likeness (QED) is 0.776. The SMILES string of the molecule is CCC(C)(C)NCCOc1ccc(OC(F)(F)F)cc1. The average molecular weight is 291 g/mol. The van der Waals surface area contributed by atoms with Crippen LogP contribution in [0.3, 0.4) is 0 Å². The number of rotatable bonds is 7. The van der Waals surface area contributed by atoms with E-state index in [1.807, 2.05) is 0 Å². The van der Waals surface area contributed by atoms with E-state index < -0.39 is 6.36 Å². The van der Waals surface area contributed by atoms with E-state index in [0.717, 1.165) is 6.42 Å². The zero-order chi connectivity index (χ0) is 15.2. The van der Waals surface area contributed by atoms with Crippen LogP contribution in [0, 0.1) is 0 Å². The molecule has 3 nitrogen and oxygen atoms in total. The fraction of sp³-hybridized carbons (Fsp3) is 0.571. The lowest BCUT2D eigenvalue weighted by atomic mass is 10.0. The second-order valence-corrected chi connectivity index (χ2v) is 5.03. The number of hydrogen-bond acceptors (Lipinski definition) is 3. The van der Waals surface area contributed by atoms with E-state index >= 15 is 0 Å². The summed E-state index contributed by atoms with van der Waals surface area (Å²) in [4.78, 5) is 0. The summed E-state index contributed by atoms with van der Waals surface area (Å²) in [5.74, 6) is 0.255. The van der Waals surface area contributed by atoms with Crippen LogP contribution in [0.1, 0.15) is 27.2 Å². The lowest BCUT2D eigenvalue weighted by Gasteiger charge is -2.24. The fourth-order valence-corrected chi connectivity index (χ4v) is 1.42. The summed E-state index contributed by atoms with van der Waals surface area (Å²) in [5.41, 5.74) is 0.0494. The van der Waals surface area contributed by atoms with E-state index in [2.05, 4.69) is 30.8 Å². The van der Waals surface area contributed by atoms with Crippen molar-refractivity contribution < 1.29 is 22.6 Å². The van der Waals surface area contributed by atoms with Gasteiger partial charge >= 0.3 is 6.36 Å². The molecule has 0 saturated heterocycles. The van der Waals surface area contributed by atoms with E-state index in [1.165, 1.54) is 24.3 Å². The first-order valence-electron chi connectivity index (χ1n) is 6.45. The fourth-order valence-electron chi connectivity index (χ4n) is 1.42. The summed E-state index contributed by atoms with van der Waals surface area (Å²) in [5, 5.41) is 3.32. The van der Waals surface area contributed by atoms with Crippen molar-refractivity contribution in [3.05, 3.63) is 24.3 Å². The largest absolute Gasteiger partial charge is 0.573 e. The second-order valence-electron chi connectivity index (χ2n) is 5.03. The first-order valence-corrected chi connectivity index (χ1v) is 6.45. The van der Waals surface area contributed by atoms with Crippen LogP contribution in [-0.2, 0) is 0 Å². The molecule has 1 aromatic carbocycles. The minimum atomic E-state index is -4.67. The van der Waals surface area contributed by atoms with E-state index in [1.54, 1.807) is 0 Å². The Morgan fingerprint density at radius 1 is 1.05 bits per heavy atom. The molecule has 0 fully saturated rings. The molecule has 0 atom stereocenters. The molecule has 114 valence electrons. The Bertz CT molecular complexity index is 402. The normalized spacial score (nSPS) is 12.3. The molecular weight excluding hydrogens is 271 g/mol. The lowest BCUT2D eigenvalue weighted by Crippen LogP contribution is -2.40. The summed E-state index contributed by atoms with van der Waals surface area (Å²) >= 11 is 0. The molecule has 1 rings (SSSR count). The molecule has 0 aromatic heterocycles. The molecule has 0 saturated carbocycles. The van der Waals surface area contributed by atoms with Crippen molar-refractivity contribution in [2.45, 2.75) is 39.1 Å². The first-order chi connectivity index (χ1) is 9.22. The highest BCUT2D eigenvalue weighted by Gasteiger charge is 2.30. The first kappa shape index (κ1) is 16.6. The standard InChI is InChI=1S/C14H20F3NO2/c1-4-13(2,3)18-9-10-19-11-5-7-12(8-6-11)20-14(15,16)17/h5-8,18H,4,9-10H2,1-3H3. The van der Waals surface area contributed by atoms with Gasteiger partial charge in [0, 0.05) is 12.1 Å². The molecule has 1 N–H and O–H groups in total. The Morgan fingerprint density at radius 3 is 2.10 bits per heavy atom. The molecule has 0 unspecified atom stereocenters. The summed E-state index contributed by atoms with van der Waals surface area (Å²) in [7, 11) is 0. The van der Waals surface area contributed by atoms with Crippen LogP contribution in [-0.4, -0.2) is 25.1 Å². The van der Waals surface area contributed by atoms with Crippen LogP contribution in [0.25, 0.3) is 0 Å². The third kappa shape index (κ3) is 6.65. The number of nitrogens with one attached hydrogen (secondary N) is 1. The third-order valence-electron chi connectivity index (χ3n) is 2.92. The number of benzene rings is 1. The van der Waals surface area contributed by atoms with Crippen molar-refractivity contribution in [2.24, 2.45) is 0 Å². The van der Waals surface area contributed by atoms with Crippen LogP contribution in [0.15, 0.2) is 24.3 Å². The zero-order valence-electron chi connectivity index (χ0n) is 11.9. The molecular formula is C14H20F3NO2. The Labute approximate surface area is 117 Å². The van der Waals surface area contributed by atoms with Crippen LogP contribution in [0.4, 0.5) is 13.2 Å². The number of ether oxygens (including phenoxy) is 2. The summed E-state index contributed by atoms with van der Waals surface area (Å²) in [6.45, 7) is 7.39. The predicted octanol–water partition coefficient (Wildman–Crippen LogP) is 3.74. The van der Waals surface area contributed by atoms with E-state index in [-0.39, 0.29) is 11.3 Å². The molecule has 1 aromatic rings. The summed E-state index contributed by atoms with van der Waals surface area (Å²) in [6.07, 6.45) is -3.67. The molecule has 0 amide bonds. The van der Waals surface area contributed by atoms with Crippen LogP contribution in [0.2, 0.25) is 0 Å². The van der Waals surface area contributed by atoms with Gasteiger partial charge in [-0.15, -0.1) is 13.2 Å². The van der Waals surface area contributed by atoms with Crippen molar-refractivity contribution in [3.63, 3.8) is 0 Å². The molecule has 0 aliphatic carbocycles. The van der Waals surface area contributed by atoms with E-state index in [4.69, 9.17) is 4.74 Å². The van der Waals surface area contributed by atoms with Gasteiger partial charge in [-0.1, -0.05) is 6.92 Å². The third-order valence-corrected chi connectivity index (χ3v) is 2.92. The number of alkyl halides is 3. The number of halogens is 3. The van der Waals surface area contributed by atoms with Gasteiger partial charge in [-0.2, -0.15) is 0 Å². The highest BCUT2D eigenvalue weighted by molar-refractivity contribution is 5.31. The van der Waals surface area contributed by atoms with E-state index in [0.29, 0.717) is 18.9 Å². The highest BCUT2D eigenvalue weighted by Crippen LogP contribution is 2.24. The summed E-state index contributed by atoms with van der Waals surface area (Å²) in [6, 6.07) is 5.36. The minimum Gasteiger partial charge on any atom is -0.492 e. The number of hydrogen-bond donors (Lipinski definition) is 1. The topological polar surface area (TPSA) is 30.5 Å². The predicted molar refractivity (Wildman–Crippen MR) is 71.0 cm³/mol. The molecule has 0 aliphatic rings. The average Bonchev–Trinajstić information content (AvgIpc) is 2.35. The van der Waals surface area contributed by atoms with Crippen LogP contribution >= 0.6 is 0 Å². The Balaban J connectivity index is 2.35. The summed E-state index contributed by atoms with van der Waals surface area (Å²) < 4.78 is 45.1. The maximum atomic E-state index is 12.0. The maximum Gasteiger partial charge on any atom is 0.573 e. The van der Waals surface area contributed by atoms with Gasteiger partial charge in [0.2, 0.25) is 0 Å². The molecule has 20 heavy (non-hydrogen) atoms. The Kier molecular flexibility index (Phi) is 5.68. The van der Waals surface area contributed by atoms with Crippen LogP contribution in [0.5, 0.6) is 11.5 Å². The molecule has 0 heterocycles. The van der Waals surface area contributed by atoms with Crippen molar-refractivity contribution in [2.75, 3.05) is 13.2 Å². The monoisotopic (exact) mass is 291 g/mol. The van der Waals surface area contributed by atoms with Crippen molar-refractivity contribution >= 4 is 0 Å². The Morgan fingerprint density at radius 2 is 1.60 bits per heavy atom. The maximum absolute atomic E-state index is 12.0. The molecule has 6 heteroatoms. The van der Waals surface area contributed by atoms with Crippen molar-refractivity contribution in [1.29, 1.82) is 0 Å². The van der Waals surface area contributed by atoms with Gasteiger partial charge in [-0.05, 0) is 44.5 Å². The Hall–Kier alpha value is -1.43. The van der Waals surface area contributed by atoms with Gasteiger partial charge in [-0.3, -0.25) is 0 Å². The molecule has 0 bridgehead atoms. The lowest BCUT2D eigenvalue weighted by molar-refractivity contribution is -0.274. The zero-order valence-corrected chi connectivity index (χ0v) is 11.9. The van der Waals surface area contributed by atoms with Crippen molar-refractivity contribution in [3.8, 4) is 11.5 Å².